The largest absolute Gasteiger partial charge is 0.377 e. The molecule has 0 aliphatic carbocycles. The average Bonchev–Trinajstić information content (AvgIpc) is 3.42. The van der Waals surface area contributed by atoms with Crippen LogP contribution in [0.25, 0.3) is 0 Å². The number of hydrogen-bond acceptors (Lipinski definition) is 5. The first-order chi connectivity index (χ1) is 14.5. The van der Waals surface area contributed by atoms with E-state index >= 15 is 0 Å². The predicted octanol–water partition coefficient (Wildman–Crippen LogP) is 5.11. The molecule has 0 bridgehead atoms. The zero-order valence-corrected chi connectivity index (χ0v) is 19.2. The number of nitrogens with zero attached hydrogens (tertiary/aromatic N) is 2. The van der Waals surface area contributed by atoms with Crippen LogP contribution < -0.4 is 10.2 Å². The van der Waals surface area contributed by atoms with Gasteiger partial charge in [-0.2, -0.15) is 0 Å². The molecule has 30 heavy (non-hydrogen) atoms. The van der Waals surface area contributed by atoms with Gasteiger partial charge in [-0.15, -0.1) is 22.7 Å². The maximum Gasteiger partial charge on any atom is 0.265 e. The molecule has 3 rings (SSSR count). The zero-order chi connectivity index (χ0) is 21.5. The summed E-state index contributed by atoms with van der Waals surface area (Å²) in [6.45, 7) is 3.28. The van der Waals surface area contributed by atoms with Gasteiger partial charge in [0.2, 0.25) is 5.91 Å². The highest BCUT2D eigenvalue weighted by Crippen LogP contribution is 2.26. The van der Waals surface area contributed by atoms with Crippen molar-refractivity contribution in [2.24, 2.45) is 0 Å². The molecule has 0 aliphatic rings. The number of nitrogens with one attached hydrogen (secondary N) is 1. The van der Waals surface area contributed by atoms with Crippen molar-refractivity contribution in [2.45, 2.75) is 26.3 Å². The third kappa shape index (κ3) is 5.70. The Kier molecular flexibility index (Phi) is 7.65. The molecule has 0 fully saturated rings. The number of carbonyl (C=O) groups is 2. The lowest BCUT2D eigenvalue weighted by atomic mass is 10.1. The molecule has 3 aromatic rings. The van der Waals surface area contributed by atoms with E-state index in [0.717, 1.165) is 28.2 Å². The molecule has 1 aromatic carbocycles. The molecule has 0 aliphatic heterocycles. The lowest BCUT2D eigenvalue weighted by Gasteiger charge is -2.26. The van der Waals surface area contributed by atoms with Crippen molar-refractivity contribution in [3.05, 3.63) is 68.5 Å². The lowest BCUT2D eigenvalue weighted by Crippen LogP contribution is -2.33. The van der Waals surface area contributed by atoms with Crippen molar-refractivity contribution in [2.75, 3.05) is 30.9 Å². The Morgan fingerprint density at radius 2 is 1.80 bits per heavy atom. The quantitative estimate of drug-likeness (QED) is 0.502. The van der Waals surface area contributed by atoms with Crippen LogP contribution in [-0.4, -0.2) is 37.4 Å². The summed E-state index contributed by atoms with van der Waals surface area (Å²) in [5.74, 6) is 0.00442. The Balaban J connectivity index is 1.81. The van der Waals surface area contributed by atoms with Crippen molar-refractivity contribution in [1.29, 1.82) is 0 Å². The highest BCUT2D eigenvalue weighted by atomic mass is 32.1. The summed E-state index contributed by atoms with van der Waals surface area (Å²) in [6.07, 6.45) is 1.31. The number of amides is 2. The number of benzene rings is 1. The first-order valence-electron chi connectivity index (χ1n) is 9.93. The Bertz CT molecular complexity index is 967. The second kappa shape index (κ2) is 10.4. The topological polar surface area (TPSA) is 52.7 Å². The molecular formula is C23H27N3O2S2. The molecule has 0 atom stereocenters. The summed E-state index contributed by atoms with van der Waals surface area (Å²) in [4.78, 5) is 31.1. The zero-order valence-electron chi connectivity index (χ0n) is 17.6. The molecule has 2 amide bonds. The monoisotopic (exact) mass is 441 g/mol. The summed E-state index contributed by atoms with van der Waals surface area (Å²) in [7, 11) is 3.97. The van der Waals surface area contributed by atoms with Crippen molar-refractivity contribution >= 4 is 45.9 Å². The van der Waals surface area contributed by atoms with Crippen LogP contribution in [0.4, 0.5) is 11.4 Å². The number of carbonyl (C=O) groups excluding carboxylic acids is 2. The molecule has 7 heteroatoms. The summed E-state index contributed by atoms with van der Waals surface area (Å²) in [5, 5.41) is 6.86. The SMILES string of the molecule is CCCN(Cc1cc(NC(=O)c2cccs2)ccc1N(C)C)C(=O)Cc1cccs1. The van der Waals surface area contributed by atoms with E-state index in [4.69, 9.17) is 0 Å². The molecule has 2 heterocycles. The van der Waals surface area contributed by atoms with Crippen LogP contribution in [-0.2, 0) is 17.8 Å². The molecule has 5 nitrogen and oxygen atoms in total. The van der Waals surface area contributed by atoms with Gasteiger partial charge >= 0.3 is 0 Å². The minimum Gasteiger partial charge on any atom is -0.377 e. The molecular weight excluding hydrogens is 414 g/mol. The standard InChI is InChI=1S/C23H27N3O2S2/c1-4-11-26(22(27)15-19-7-5-12-29-19)16-17-14-18(9-10-20(17)25(2)3)24-23(28)21-8-6-13-30-21/h5-10,12-14H,4,11,15-16H2,1-3H3,(H,24,28). The van der Waals surface area contributed by atoms with Gasteiger partial charge in [-0.1, -0.05) is 19.1 Å². The third-order valence-corrected chi connectivity index (χ3v) is 6.42. The number of rotatable bonds is 9. The Morgan fingerprint density at radius 3 is 2.43 bits per heavy atom. The smallest absolute Gasteiger partial charge is 0.265 e. The third-order valence-electron chi connectivity index (χ3n) is 4.68. The van der Waals surface area contributed by atoms with Crippen LogP contribution in [0.5, 0.6) is 0 Å². The average molecular weight is 442 g/mol. The van der Waals surface area contributed by atoms with E-state index in [9.17, 15) is 9.59 Å². The van der Waals surface area contributed by atoms with Crippen LogP contribution in [0.3, 0.4) is 0 Å². The fourth-order valence-corrected chi connectivity index (χ4v) is 4.58. The van der Waals surface area contributed by atoms with Gasteiger partial charge in [0.1, 0.15) is 0 Å². The van der Waals surface area contributed by atoms with Gasteiger partial charge in [0.05, 0.1) is 11.3 Å². The Hall–Kier alpha value is -2.64. The summed E-state index contributed by atoms with van der Waals surface area (Å²) < 4.78 is 0. The van der Waals surface area contributed by atoms with E-state index in [1.165, 1.54) is 11.3 Å². The second-order valence-corrected chi connectivity index (χ2v) is 9.22. The van der Waals surface area contributed by atoms with Gasteiger partial charge in [0, 0.05) is 43.4 Å². The lowest BCUT2D eigenvalue weighted by molar-refractivity contribution is -0.131. The van der Waals surface area contributed by atoms with Crippen LogP contribution in [0, 0.1) is 0 Å². The Morgan fingerprint density at radius 1 is 1.03 bits per heavy atom. The van der Waals surface area contributed by atoms with Crippen molar-refractivity contribution in [3.63, 3.8) is 0 Å². The van der Waals surface area contributed by atoms with Crippen molar-refractivity contribution in [1.82, 2.24) is 4.90 Å². The summed E-state index contributed by atoms with van der Waals surface area (Å²) in [6, 6.07) is 13.5. The minimum absolute atomic E-state index is 0.118. The summed E-state index contributed by atoms with van der Waals surface area (Å²) in [5.41, 5.74) is 2.78. The van der Waals surface area contributed by atoms with E-state index < -0.39 is 0 Å². The normalized spacial score (nSPS) is 10.6. The molecule has 0 radical (unpaired) electrons. The first kappa shape index (κ1) is 22.1. The molecule has 158 valence electrons. The van der Waals surface area contributed by atoms with Gasteiger partial charge in [-0.3, -0.25) is 9.59 Å². The highest BCUT2D eigenvalue weighted by molar-refractivity contribution is 7.12. The molecule has 0 unspecified atom stereocenters. The maximum absolute atomic E-state index is 13.0. The molecule has 0 saturated carbocycles. The van der Waals surface area contributed by atoms with Crippen LogP contribution in [0.15, 0.2) is 53.2 Å². The highest BCUT2D eigenvalue weighted by Gasteiger charge is 2.18. The minimum atomic E-state index is -0.118. The number of hydrogen-bond donors (Lipinski definition) is 1. The van der Waals surface area contributed by atoms with Gasteiger partial charge in [0.15, 0.2) is 0 Å². The fraction of sp³-hybridized carbons (Fsp3) is 0.304. The fourth-order valence-electron chi connectivity index (χ4n) is 3.27. The number of anilines is 2. The van der Waals surface area contributed by atoms with E-state index in [0.29, 0.717) is 24.4 Å². The predicted molar refractivity (Wildman–Crippen MR) is 127 cm³/mol. The van der Waals surface area contributed by atoms with Crippen LogP contribution in [0.2, 0.25) is 0 Å². The van der Waals surface area contributed by atoms with Crippen LogP contribution in [0.1, 0.15) is 33.5 Å². The van der Waals surface area contributed by atoms with E-state index in [-0.39, 0.29) is 11.8 Å². The van der Waals surface area contributed by atoms with E-state index in [1.54, 1.807) is 17.4 Å². The van der Waals surface area contributed by atoms with E-state index in [1.807, 2.05) is 71.1 Å². The molecule has 0 saturated heterocycles. The molecule has 1 N–H and O–H groups in total. The van der Waals surface area contributed by atoms with E-state index in [2.05, 4.69) is 12.2 Å². The Labute approximate surface area is 186 Å². The second-order valence-electron chi connectivity index (χ2n) is 7.24. The van der Waals surface area contributed by atoms with Gasteiger partial charge in [-0.25, -0.2) is 0 Å². The number of thiophene rings is 2. The maximum atomic E-state index is 13.0. The van der Waals surface area contributed by atoms with Gasteiger partial charge in [0.25, 0.3) is 5.91 Å². The van der Waals surface area contributed by atoms with Gasteiger partial charge < -0.3 is 15.1 Å². The van der Waals surface area contributed by atoms with Crippen molar-refractivity contribution in [3.8, 4) is 0 Å². The molecule has 0 spiro atoms. The van der Waals surface area contributed by atoms with Crippen molar-refractivity contribution < 1.29 is 9.59 Å². The molecule has 2 aromatic heterocycles. The summed E-state index contributed by atoms with van der Waals surface area (Å²) >= 11 is 3.02. The van der Waals surface area contributed by atoms with Crippen LogP contribution >= 0.6 is 22.7 Å². The van der Waals surface area contributed by atoms with Gasteiger partial charge in [-0.05, 0) is 53.1 Å². The first-order valence-corrected chi connectivity index (χ1v) is 11.7.